The van der Waals surface area contributed by atoms with Crippen molar-refractivity contribution >= 4 is 17.8 Å². The summed E-state index contributed by atoms with van der Waals surface area (Å²) in [4.78, 5) is 10.5. The van der Waals surface area contributed by atoms with Crippen LogP contribution in [0.3, 0.4) is 0 Å². The molecule has 0 spiro atoms. The van der Waals surface area contributed by atoms with E-state index in [0.717, 1.165) is 0 Å². The summed E-state index contributed by atoms with van der Waals surface area (Å²) in [6.07, 6.45) is 0. The molecule has 62 valence electrons. The lowest BCUT2D eigenvalue weighted by atomic mass is 10.9. The number of anilines is 3. The van der Waals surface area contributed by atoms with Gasteiger partial charge < -0.3 is 17.2 Å². The van der Waals surface area contributed by atoms with Gasteiger partial charge in [-0.15, -0.1) is 0 Å². The molecule has 0 aliphatic rings. The van der Waals surface area contributed by atoms with Crippen molar-refractivity contribution in [3.05, 3.63) is 0 Å². The molecule has 1 rings (SSSR count). The Bertz CT molecular complexity index is 172. The topological polar surface area (TPSA) is 117 Å². The quantitative estimate of drug-likeness (QED) is 0.472. The van der Waals surface area contributed by atoms with Gasteiger partial charge in [0.2, 0.25) is 17.8 Å². The summed E-state index contributed by atoms with van der Waals surface area (Å²) >= 11 is 0. The van der Waals surface area contributed by atoms with Crippen molar-refractivity contribution in [2.24, 2.45) is 0 Å². The Morgan fingerprint density at radius 2 is 0.909 bits per heavy atom. The van der Waals surface area contributed by atoms with Gasteiger partial charge >= 0.3 is 0 Å². The SMILES string of the molecule is CC.Nc1nc(N)nc(N)n1. The van der Waals surface area contributed by atoms with Crippen molar-refractivity contribution in [3.8, 4) is 0 Å². The van der Waals surface area contributed by atoms with Crippen LogP contribution in [0.2, 0.25) is 0 Å². The van der Waals surface area contributed by atoms with E-state index in [1.165, 1.54) is 0 Å². The van der Waals surface area contributed by atoms with Gasteiger partial charge in [0.25, 0.3) is 0 Å². The molecule has 0 unspecified atom stereocenters. The number of rotatable bonds is 0. The second kappa shape index (κ2) is 4.26. The maximum atomic E-state index is 5.14. The maximum Gasteiger partial charge on any atom is 0.226 e. The first kappa shape index (κ1) is 9.41. The number of hydrogen-bond donors (Lipinski definition) is 3. The predicted octanol–water partition coefficient (Wildman–Crippen LogP) is -0.356. The number of nitrogen functional groups attached to an aromatic ring is 3. The largest absolute Gasteiger partial charge is 0.368 e. The van der Waals surface area contributed by atoms with Gasteiger partial charge in [-0.25, -0.2) is 0 Å². The summed E-state index contributed by atoms with van der Waals surface area (Å²) < 4.78 is 0. The van der Waals surface area contributed by atoms with Crippen LogP contribution in [-0.2, 0) is 0 Å². The summed E-state index contributed by atoms with van der Waals surface area (Å²) in [5.41, 5.74) is 15.4. The van der Waals surface area contributed by atoms with Crippen LogP contribution in [-0.4, -0.2) is 15.0 Å². The standard InChI is InChI=1S/C3H6N6.C2H6/c4-1-7-2(5)9-3(6)8-1;1-2/h(H6,4,5,6,7,8,9);1-2H3. The van der Waals surface area contributed by atoms with E-state index in [1.807, 2.05) is 13.8 Å². The van der Waals surface area contributed by atoms with Gasteiger partial charge in [0, 0.05) is 0 Å². The molecule has 0 saturated heterocycles. The molecule has 11 heavy (non-hydrogen) atoms. The normalized spacial score (nSPS) is 8.18. The fourth-order valence-electron chi connectivity index (χ4n) is 0.427. The third-order valence-corrected chi connectivity index (χ3v) is 0.687. The van der Waals surface area contributed by atoms with Crippen LogP contribution in [0.15, 0.2) is 0 Å². The highest BCUT2D eigenvalue weighted by molar-refractivity contribution is 5.33. The number of nitrogens with zero attached hydrogens (tertiary/aromatic N) is 3. The number of hydrogen-bond acceptors (Lipinski definition) is 6. The fraction of sp³-hybridized carbons (Fsp3) is 0.400. The van der Waals surface area contributed by atoms with Gasteiger partial charge in [-0.1, -0.05) is 13.8 Å². The first-order valence-electron chi connectivity index (χ1n) is 3.21. The molecule has 0 bridgehead atoms. The van der Waals surface area contributed by atoms with E-state index in [-0.39, 0.29) is 17.8 Å². The molecule has 0 radical (unpaired) electrons. The van der Waals surface area contributed by atoms with Crippen molar-refractivity contribution in [1.29, 1.82) is 0 Å². The van der Waals surface area contributed by atoms with Crippen LogP contribution in [0, 0.1) is 0 Å². The van der Waals surface area contributed by atoms with Crippen LogP contribution < -0.4 is 17.2 Å². The minimum Gasteiger partial charge on any atom is -0.368 e. The molecule has 6 heteroatoms. The number of aromatic nitrogens is 3. The average Bonchev–Trinajstić information content (AvgIpc) is 1.88. The monoisotopic (exact) mass is 156 g/mol. The lowest BCUT2D eigenvalue weighted by Crippen LogP contribution is -2.05. The fourth-order valence-corrected chi connectivity index (χ4v) is 0.427. The van der Waals surface area contributed by atoms with E-state index in [2.05, 4.69) is 15.0 Å². The zero-order chi connectivity index (χ0) is 8.85. The average molecular weight is 156 g/mol. The Labute approximate surface area is 64.8 Å². The minimum absolute atomic E-state index is 0.0417. The smallest absolute Gasteiger partial charge is 0.226 e. The van der Waals surface area contributed by atoms with Crippen LogP contribution in [0.5, 0.6) is 0 Å². The molecule has 0 saturated carbocycles. The first-order chi connectivity index (χ1) is 5.18. The van der Waals surface area contributed by atoms with Crippen molar-refractivity contribution in [1.82, 2.24) is 15.0 Å². The molecule has 0 atom stereocenters. The molecule has 1 heterocycles. The van der Waals surface area contributed by atoms with E-state index in [4.69, 9.17) is 17.2 Å². The van der Waals surface area contributed by atoms with E-state index < -0.39 is 0 Å². The molecule has 6 nitrogen and oxygen atoms in total. The molecule has 0 aliphatic carbocycles. The molecule has 0 aromatic carbocycles. The van der Waals surface area contributed by atoms with Crippen molar-refractivity contribution in [2.75, 3.05) is 17.2 Å². The Balaban J connectivity index is 0.000000461. The molecule has 0 aliphatic heterocycles. The summed E-state index contributed by atoms with van der Waals surface area (Å²) in [6, 6.07) is 0. The molecular weight excluding hydrogens is 144 g/mol. The minimum atomic E-state index is 0.0417. The van der Waals surface area contributed by atoms with Crippen LogP contribution in [0.25, 0.3) is 0 Å². The molecule has 0 amide bonds. The Morgan fingerprint density at radius 1 is 0.727 bits per heavy atom. The molecule has 1 aromatic heterocycles. The van der Waals surface area contributed by atoms with Crippen molar-refractivity contribution in [2.45, 2.75) is 13.8 Å². The zero-order valence-electron chi connectivity index (χ0n) is 6.57. The van der Waals surface area contributed by atoms with Gasteiger partial charge in [0.15, 0.2) is 0 Å². The van der Waals surface area contributed by atoms with Crippen molar-refractivity contribution in [3.63, 3.8) is 0 Å². The van der Waals surface area contributed by atoms with Gasteiger partial charge in [0.05, 0.1) is 0 Å². The van der Waals surface area contributed by atoms with Gasteiger partial charge in [-0.3, -0.25) is 0 Å². The van der Waals surface area contributed by atoms with Gasteiger partial charge in [-0.05, 0) is 0 Å². The Morgan fingerprint density at radius 3 is 1.09 bits per heavy atom. The molecule has 1 aromatic rings. The van der Waals surface area contributed by atoms with Crippen LogP contribution in [0.1, 0.15) is 13.8 Å². The van der Waals surface area contributed by atoms with Crippen LogP contribution >= 0.6 is 0 Å². The second-order valence-corrected chi connectivity index (χ2v) is 1.41. The van der Waals surface area contributed by atoms with E-state index in [1.54, 1.807) is 0 Å². The highest BCUT2D eigenvalue weighted by Crippen LogP contribution is 1.97. The summed E-state index contributed by atoms with van der Waals surface area (Å²) in [5, 5.41) is 0. The summed E-state index contributed by atoms with van der Waals surface area (Å²) in [6.45, 7) is 4.00. The summed E-state index contributed by atoms with van der Waals surface area (Å²) in [7, 11) is 0. The highest BCUT2D eigenvalue weighted by atomic mass is 15.2. The lowest BCUT2D eigenvalue weighted by molar-refractivity contribution is 1.09. The zero-order valence-corrected chi connectivity index (χ0v) is 6.57. The van der Waals surface area contributed by atoms with E-state index >= 15 is 0 Å². The molecule has 6 N–H and O–H groups in total. The highest BCUT2D eigenvalue weighted by Gasteiger charge is 1.93. The van der Waals surface area contributed by atoms with Crippen molar-refractivity contribution < 1.29 is 0 Å². The van der Waals surface area contributed by atoms with E-state index in [0.29, 0.717) is 0 Å². The van der Waals surface area contributed by atoms with E-state index in [9.17, 15) is 0 Å². The maximum absolute atomic E-state index is 5.14. The first-order valence-corrected chi connectivity index (χ1v) is 3.21. The third kappa shape index (κ3) is 3.19. The summed E-state index contributed by atoms with van der Waals surface area (Å²) in [5.74, 6) is 0.125. The molecule has 0 fully saturated rings. The lowest BCUT2D eigenvalue weighted by Gasteiger charge is -1.93. The molecular formula is C5H12N6. The second-order valence-electron chi connectivity index (χ2n) is 1.41. The Hall–Kier alpha value is -1.59. The Kier molecular flexibility index (Phi) is 3.65. The predicted molar refractivity (Wildman–Crippen MR) is 44.4 cm³/mol. The van der Waals surface area contributed by atoms with Gasteiger partial charge in [-0.2, -0.15) is 15.0 Å². The van der Waals surface area contributed by atoms with Crippen LogP contribution in [0.4, 0.5) is 17.8 Å². The van der Waals surface area contributed by atoms with Gasteiger partial charge in [0.1, 0.15) is 0 Å². The third-order valence-electron chi connectivity index (χ3n) is 0.687. The number of nitrogens with two attached hydrogens (primary N) is 3.